The van der Waals surface area contributed by atoms with Gasteiger partial charge in [0.05, 0.1) is 6.10 Å². The Labute approximate surface area is 80.7 Å². The topological polar surface area (TPSA) is 9.23 Å². The van der Waals surface area contributed by atoms with Gasteiger partial charge in [-0.1, -0.05) is 37.3 Å². The summed E-state index contributed by atoms with van der Waals surface area (Å²) < 4.78 is 5.28. The number of hydrogen-bond acceptors (Lipinski definition) is 1. The van der Waals surface area contributed by atoms with Crippen LogP contribution in [0.5, 0.6) is 0 Å². The van der Waals surface area contributed by atoms with E-state index in [0.29, 0.717) is 12.0 Å². The predicted octanol–water partition coefficient (Wildman–Crippen LogP) is 2.90. The molecule has 1 aromatic rings. The third-order valence-corrected chi connectivity index (χ3v) is 2.57. The van der Waals surface area contributed by atoms with Gasteiger partial charge in [0.2, 0.25) is 0 Å². The minimum atomic E-state index is 0.334. The first-order valence-corrected chi connectivity index (χ1v) is 4.80. The SMILES string of the molecule is CO[C@@H](C)[C@@H](C)Cc1ccccc1. The fourth-order valence-electron chi connectivity index (χ4n) is 1.38. The molecule has 1 aromatic carbocycles. The third kappa shape index (κ3) is 3.19. The van der Waals surface area contributed by atoms with Crippen LogP contribution in [0.2, 0.25) is 0 Å². The fourth-order valence-corrected chi connectivity index (χ4v) is 1.38. The van der Waals surface area contributed by atoms with Crippen LogP contribution in [0.4, 0.5) is 0 Å². The molecule has 0 amide bonds. The lowest BCUT2D eigenvalue weighted by atomic mass is 9.97. The second-order valence-corrected chi connectivity index (χ2v) is 3.61. The van der Waals surface area contributed by atoms with Gasteiger partial charge in [-0.2, -0.15) is 0 Å². The van der Waals surface area contributed by atoms with Crippen LogP contribution in [0.1, 0.15) is 19.4 Å². The Hall–Kier alpha value is -0.820. The fraction of sp³-hybridized carbons (Fsp3) is 0.500. The summed E-state index contributed by atoms with van der Waals surface area (Å²) in [6, 6.07) is 10.5. The molecular formula is C12H18O. The zero-order valence-corrected chi connectivity index (χ0v) is 8.66. The average Bonchev–Trinajstić information content (AvgIpc) is 2.18. The highest BCUT2D eigenvalue weighted by molar-refractivity contribution is 5.15. The minimum Gasteiger partial charge on any atom is -0.381 e. The second-order valence-electron chi connectivity index (χ2n) is 3.61. The van der Waals surface area contributed by atoms with Crippen molar-refractivity contribution in [2.45, 2.75) is 26.4 Å². The maximum atomic E-state index is 5.28. The number of methoxy groups -OCH3 is 1. The smallest absolute Gasteiger partial charge is 0.0571 e. The Balaban J connectivity index is 2.50. The highest BCUT2D eigenvalue weighted by Gasteiger charge is 2.10. The molecule has 1 heteroatoms. The van der Waals surface area contributed by atoms with Crippen molar-refractivity contribution in [3.8, 4) is 0 Å². The summed E-state index contributed by atoms with van der Waals surface area (Å²) in [4.78, 5) is 0. The molecule has 0 radical (unpaired) electrons. The van der Waals surface area contributed by atoms with Crippen molar-refractivity contribution >= 4 is 0 Å². The number of ether oxygens (including phenoxy) is 1. The second kappa shape index (κ2) is 5.03. The first kappa shape index (κ1) is 10.3. The largest absolute Gasteiger partial charge is 0.381 e. The Kier molecular flexibility index (Phi) is 3.97. The van der Waals surface area contributed by atoms with Crippen molar-refractivity contribution in [3.63, 3.8) is 0 Å². The van der Waals surface area contributed by atoms with Crippen LogP contribution in [0.25, 0.3) is 0 Å². The first-order chi connectivity index (χ1) is 6.24. The average molecular weight is 178 g/mol. The van der Waals surface area contributed by atoms with Crippen LogP contribution in [-0.2, 0) is 11.2 Å². The van der Waals surface area contributed by atoms with Gasteiger partial charge in [-0.05, 0) is 24.8 Å². The summed E-state index contributed by atoms with van der Waals surface area (Å²) in [6.07, 6.45) is 1.43. The molecule has 0 bridgehead atoms. The van der Waals surface area contributed by atoms with Crippen LogP contribution in [0, 0.1) is 5.92 Å². The van der Waals surface area contributed by atoms with E-state index in [0.717, 1.165) is 6.42 Å². The van der Waals surface area contributed by atoms with Crippen LogP contribution >= 0.6 is 0 Å². The van der Waals surface area contributed by atoms with E-state index in [1.54, 1.807) is 7.11 Å². The van der Waals surface area contributed by atoms with Crippen LogP contribution in [-0.4, -0.2) is 13.2 Å². The number of rotatable bonds is 4. The molecule has 0 aliphatic carbocycles. The molecule has 1 rings (SSSR count). The summed E-state index contributed by atoms with van der Waals surface area (Å²) >= 11 is 0. The van der Waals surface area contributed by atoms with Crippen molar-refractivity contribution in [2.24, 2.45) is 5.92 Å². The maximum Gasteiger partial charge on any atom is 0.0571 e. The van der Waals surface area contributed by atoms with Gasteiger partial charge in [0.1, 0.15) is 0 Å². The molecule has 0 aromatic heterocycles. The normalized spacial score (nSPS) is 15.3. The Morgan fingerprint density at radius 1 is 1.15 bits per heavy atom. The maximum absolute atomic E-state index is 5.28. The van der Waals surface area contributed by atoms with E-state index in [-0.39, 0.29) is 0 Å². The van der Waals surface area contributed by atoms with Crippen molar-refractivity contribution in [2.75, 3.05) is 7.11 Å². The number of hydrogen-bond donors (Lipinski definition) is 0. The first-order valence-electron chi connectivity index (χ1n) is 4.80. The standard InChI is InChI=1S/C12H18O/c1-10(11(2)13-3)9-12-7-5-4-6-8-12/h4-8,10-11H,9H2,1-3H3/t10-,11-/m0/s1. The zero-order chi connectivity index (χ0) is 9.68. The molecular weight excluding hydrogens is 160 g/mol. The lowest BCUT2D eigenvalue weighted by Gasteiger charge is -2.18. The lowest BCUT2D eigenvalue weighted by Crippen LogP contribution is -2.18. The molecule has 0 aliphatic rings. The van der Waals surface area contributed by atoms with Crippen molar-refractivity contribution in [3.05, 3.63) is 35.9 Å². The van der Waals surface area contributed by atoms with Gasteiger partial charge in [0, 0.05) is 7.11 Å². The predicted molar refractivity (Wildman–Crippen MR) is 55.8 cm³/mol. The van der Waals surface area contributed by atoms with Gasteiger partial charge < -0.3 is 4.74 Å². The molecule has 0 saturated heterocycles. The molecule has 0 fully saturated rings. The van der Waals surface area contributed by atoms with E-state index in [2.05, 4.69) is 38.1 Å². The highest BCUT2D eigenvalue weighted by Crippen LogP contribution is 2.13. The molecule has 0 aliphatic heterocycles. The van der Waals surface area contributed by atoms with E-state index in [1.807, 2.05) is 6.07 Å². The summed E-state index contributed by atoms with van der Waals surface area (Å²) in [5, 5.41) is 0. The molecule has 0 heterocycles. The molecule has 2 atom stereocenters. The minimum absolute atomic E-state index is 0.334. The van der Waals surface area contributed by atoms with Crippen molar-refractivity contribution in [1.82, 2.24) is 0 Å². The monoisotopic (exact) mass is 178 g/mol. The Bertz CT molecular complexity index is 230. The van der Waals surface area contributed by atoms with E-state index in [1.165, 1.54) is 5.56 Å². The molecule has 0 unspecified atom stereocenters. The number of benzene rings is 1. The summed E-state index contributed by atoms with van der Waals surface area (Å²) in [7, 11) is 1.77. The van der Waals surface area contributed by atoms with Crippen molar-refractivity contribution in [1.29, 1.82) is 0 Å². The zero-order valence-electron chi connectivity index (χ0n) is 8.66. The van der Waals surface area contributed by atoms with E-state index < -0.39 is 0 Å². The Morgan fingerprint density at radius 2 is 1.77 bits per heavy atom. The lowest BCUT2D eigenvalue weighted by molar-refractivity contribution is 0.0738. The van der Waals surface area contributed by atoms with Gasteiger partial charge >= 0.3 is 0 Å². The van der Waals surface area contributed by atoms with Crippen molar-refractivity contribution < 1.29 is 4.74 Å². The Morgan fingerprint density at radius 3 is 2.31 bits per heavy atom. The molecule has 13 heavy (non-hydrogen) atoms. The molecule has 72 valence electrons. The van der Waals surface area contributed by atoms with E-state index >= 15 is 0 Å². The van der Waals surface area contributed by atoms with E-state index in [9.17, 15) is 0 Å². The van der Waals surface area contributed by atoms with Crippen LogP contribution in [0.3, 0.4) is 0 Å². The highest BCUT2D eigenvalue weighted by atomic mass is 16.5. The molecule has 0 spiro atoms. The van der Waals surface area contributed by atoms with E-state index in [4.69, 9.17) is 4.74 Å². The van der Waals surface area contributed by atoms with Gasteiger partial charge in [-0.15, -0.1) is 0 Å². The van der Waals surface area contributed by atoms with Gasteiger partial charge in [-0.25, -0.2) is 0 Å². The van der Waals surface area contributed by atoms with Gasteiger partial charge in [0.25, 0.3) is 0 Å². The molecule has 0 saturated carbocycles. The van der Waals surface area contributed by atoms with Crippen LogP contribution in [0.15, 0.2) is 30.3 Å². The molecule has 0 N–H and O–H groups in total. The quantitative estimate of drug-likeness (QED) is 0.689. The van der Waals surface area contributed by atoms with Crippen LogP contribution < -0.4 is 0 Å². The summed E-state index contributed by atoms with van der Waals surface area (Å²) in [6.45, 7) is 4.34. The van der Waals surface area contributed by atoms with Gasteiger partial charge in [-0.3, -0.25) is 0 Å². The summed E-state index contributed by atoms with van der Waals surface area (Å²) in [5.41, 5.74) is 1.39. The third-order valence-electron chi connectivity index (χ3n) is 2.57. The summed E-state index contributed by atoms with van der Waals surface area (Å²) in [5.74, 6) is 0.576. The molecule has 1 nitrogen and oxygen atoms in total. The van der Waals surface area contributed by atoms with Gasteiger partial charge in [0.15, 0.2) is 0 Å².